The van der Waals surface area contributed by atoms with Crippen LogP contribution in [-0.2, 0) is 4.79 Å². The Kier molecular flexibility index (Phi) is 1.88. The molecule has 0 aliphatic heterocycles. The molecule has 0 unspecified atom stereocenters. The number of carbonyl (C=O) groups excluding carboxylic acids is 1. The van der Waals surface area contributed by atoms with Crippen molar-refractivity contribution in [2.45, 2.75) is 12.9 Å². The summed E-state index contributed by atoms with van der Waals surface area (Å²) >= 11 is 0. The third kappa shape index (κ3) is 1.97. The fourth-order valence-corrected chi connectivity index (χ4v) is 0. The van der Waals surface area contributed by atoms with Crippen LogP contribution in [0, 0.1) is 0 Å². The lowest BCUT2D eigenvalue weighted by molar-refractivity contribution is -0.116. The first kappa shape index (κ1) is 5.69. The standard InChI is InChI=1S/C3H6BNO/c1-2(6)3(4)5/h3H,5H2,1H3/t3-/m1/s1. The maximum atomic E-state index is 9.89. The molecule has 2 N–H and O–H groups in total. The van der Waals surface area contributed by atoms with Crippen LogP contribution >= 0.6 is 0 Å². The fourth-order valence-electron chi connectivity index (χ4n) is 0. The average Bonchev–Trinajstić information content (AvgIpc) is 1.36. The highest BCUT2D eigenvalue weighted by atomic mass is 16.1. The van der Waals surface area contributed by atoms with Gasteiger partial charge in [0.1, 0.15) is 13.6 Å². The van der Waals surface area contributed by atoms with E-state index in [1.807, 2.05) is 0 Å². The quantitative estimate of drug-likeness (QED) is 0.414. The summed E-state index contributed by atoms with van der Waals surface area (Å²) < 4.78 is 0. The van der Waals surface area contributed by atoms with Crippen LogP contribution in [0.25, 0.3) is 0 Å². The third-order valence-corrected chi connectivity index (χ3v) is 0.469. The fraction of sp³-hybridized carbons (Fsp3) is 0.667. The van der Waals surface area contributed by atoms with Crippen molar-refractivity contribution in [1.82, 2.24) is 0 Å². The van der Waals surface area contributed by atoms with Gasteiger partial charge in [-0.25, -0.2) is 0 Å². The first-order valence-corrected chi connectivity index (χ1v) is 1.66. The SMILES string of the molecule is [B][C@H](N)C(C)=O. The molecule has 2 radical (unpaired) electrons. The molecular formula is C3H6BNO. The second-order valence-corrected chi connectivity index (χ2v) is 1.14. The first-order valence-electron chi connectivity index (χ1n) is 1.66. The van der Waals surface area contributed by atoms with Gasteiger partial charge < -0.3 is 5.73 Å². The number of Topliss-reactive ketones (excluding diaryl/α,β-unsaturated/α-hetero) is 1. The Morgan fingerprint density at radius 2 is 2.17 bits per heavy atom. The summed E-state index contributed by atoms with van der Waals surface area (Å²) in [5, 5.41) is 0. The maximum absolute atomic E-state index is 9.89. The molecule has 0 bridgehead atoms. The average molecular weight is 82.9 g/mol. The van der Waals surface area contributed by atoms with Crippen LogP contribution in [0.5, 0.6) is 0 Å². The lowest BCUT2D eigenvalue weighted by atomic mass is 9.95. The predicted octanol–water partition coefficient (Wildman–Crippen LogP) is -0.971. The van der Waals surface area contributed by atoms with E-state index in [1.54, 1.807) is 0 Å². The molecule has 0 saturated carbocycles. The summed E-state index contributed by atoms with van der Waals surface area (Å²) in [6.45, 7) is 1.35. The van der Waals surface area contributed by atoms with Crippen LogP contribution < -0.4 is 5.73 Å². The molecule has 1 atom stereocenters. The van der Waals surface area contributed by atoms with Gasteiger partial charge >= 0.3 is 0 Å². The smallest absolute Gasteiger partial charge is 0.137 e. The molecule has 3 heteroatoms. The van der Waals surface area contributed by atoms with Crippen molar-refractivity contribution in [3.05, 3.63) is 0 Å². The molecule has 0 rings (SSSR count). The highest BCUT2D eigenvalue weighted by Crippen LogP contribution is 1.66. The Morgan fingerprint density at radius 1 is 2.00 bits per heavy atom. The normalized spacial score (nSPS) is 13.7. The van der Waals surface area contributed by atoms with Crippen molar-refractivity contribution >= 4 is 13.6 Å². The van der Waals surface area contributed by atoms with Crippen molar-refractivity contribution in [3.8, 4) is 0 Å². The summed E-state index contributed by atoms with van der Waals surface area (Å²) in [6.07, 6.45) is 0. The number of nitrogens with two attached hydrogens (primary N) is 1. The van der Waals surface area contributed by atoms with Gasteiger partial charge in [-0.2, -0.15) is 0 Å². The van der Waals surface area contributed by atoms with Crippen molar-refractivity contribution in [2.24, 2.45) is 5.73 Å². The van der Waals surface area contributed by atoms with Gasteiger partial charge in [-0.05, 0) is 6.92 Å². The van der Waals surface area contributed by atoms with Crippen LogP contribution in [0.3, 0.4) is 0 Å². The highest BCUT2D eigenvalue weighted by Gasteiger charge is 1.94. The van der Waals surface area contributed by atoms with E-state index in [1.165, 1.54) is 6.92 Å². The van der Waals surface area contributed by atoms with E-state index in [0.29, 0.717) is 0 Å². The Hall–Kier alpha value is -0.305. The highest BCUT2D eigenvalue weighted by molar-refractivity contribution is 6.23. The molecule has 6 heavy (non-hydrogen) atoms. The zero-order chi connectivity index (χ0) is 5.15. The molecule has 0 amide bonds. The number of rotatable bonds is 1. The predicted molar refractivity (Wildman–Crippen MR) is 24.4 cm³/mol. The molecule has 32 valence electrons. The van der Waals surface area contributed by atoms with E-state index < -0.39 is 5.94 Å². The second kappa shape index (κ2) is 1.98. The molecule has 0 aromatic rings. The largest absolute Gasteiger partial charge is 0.329 e. The van der Waals surface area contributed by atoms with Crippen LogP contribution in [0.1, 0.15) is 6.92 Å². The van der Waals surface area contributed by atoms with Gasteiger partial charge in [-0.1, -0.05) is 0 Å². The van der Waals surface area contributed by atoms with Gasteiger partial charge in [-0.15, -0.1) is 0 Å². The van der Waals surface area contributed by atoms with Gasteiger partial charge in [0.15, 0.2) is 0 Å². The van der Waals surface area contributed by atoms with Crippen LogP contribution in [-0.4, -0.2) is 19.6 Å². The van der Waals surface area contributed by atoms with Gasteiger partial charge in [0.2, 0.25) is 0 Å². The third-order valence-electron chi connectivity index (χ3n) is 0.469. The molecule has 0 aromatic heterocycles. The molecule has 0 aromatic carbocycles. The number of ketones is 1. The minimum Gasteiger partial charge on any atom is -0.329 e. The topological polar surface area (TPSA) is 43.1 Å². The number of hydrogen-bond donors (Lipinski definition) is 1. The summed E-state index contributed by atoms with van der Waals surface area (Å²) in [6, 6.07) is 0. The molecule has 2 nitrogen and oxygen atoms in total. The summed E-state index contributed by atoms with van der Waals surface area (Å²) in [5.74, 6) is -0.972. The number of hydrogen-bond acceptors (Lipinski definition) is 2. The Morgan fingerprint density at radius 3 is 2.17 bits per heavy atom. The van der Waals surface area contributed by atoms with E-state index in [0.717, 1.165) is 0 Å². The molecule has 0 heterocycles. The number of carbonyl (C=O) groups is 1. The van der Waals surface area contributed by atoms with E-state index in [-0.39, 0.29) is 5.78 Å². The Labute approximate surface area is 38.1 Å². The summed E-state index contributed by atoms with van der Waals surface area (Å²) in [7, 11) is 4.86. The molecule has 0 aliphatic rings. The van der Waals surface area contributed by atoms with E-state index in [2.05, 4.69) is 0 Å². The van der Waals surface area contributed by atoms with Gasteiger partial charge in [0, 0.05) is 5.94 Å². The van der Waals surface area contributed by atoms with E-state index in [4.69, 9.17) is 13.6 Å². The Balaban J connectivity index is 3.26. The summed E-state index contributed by atoms with van der Waals surface area (Å²) in [5.41, 5.74) is 4.86. The van der Waals surface area contributed by atoms with E-state index in [9.17, 15) is 4.79 Å². The van der Waals surface area contributed by atoms with Crippen molar-refractivity contribution in [2.75, 3.05) is 0 Å². The van der Waals surface area contributed by atoms with Gasteiger partial charge in [-0.3, -0.25) is 4.79 Å². The molecule has 0 spiro atoms. The zero-order valence-corrected chi connectivity index (χ0v) is 3.64. The van der Waals surface area contributed by atoms with Gasteiger partial charge in [0.05, 0.1) is 0 Å². The lowest BCUT2D eigenvalue weighted by Gasteiger charge is -1.92. The zero-order valence-electron chi connectivity index (χ0n) is 3.64. The first-order chi connectivity index (χ1) is 2.64. The van der Waals surface area contributed by atoms with E-state index >= 15 is 0 Å². The molecule has 0 fully saturated rings. The van der Waals surface area contributed by atoms with Crippen molar-refractivity contribution in [3.63, 3.8) is 0 Å². The second-order valence-electron chi connectivity index (χ2n) is 1.14. The van der Waals surface area contributed by atoms with Crippen LogP contribution in [0.2, 0.25) is 0 Å². The summed E-state index contributed by atoms with van der Waals surface area (Å²) in [4.78, 5) is 9.89. The van der Waals surface area contributed by atoms with Crippen molar-refractivity contribution in [1.29, 1.82) is 0 Å². The van der Waals surface area contributed by atoms with Crippen LogP contribution in [0.4, 0.5) is 0 Å². The molecule has 0 aliphatic carbocycles. The monoisotopic (exact) mass is 83.1 g/mol. The van der Waals surface area contributed by atoms with Crippen molar-refractivity contribution < 1.29 is 4.79 Å². The maximum Gasteiger partial charge on any atom is 0.137 e. The lowest BCUT2D eigenvalue weighted by Crippen LogP contribution is -2.27. The molecule has 0 saturated heterocycles. The minimum absolute atomic E-state index is 0.185. The van der Waals surface area contributed by atoms with Gasteiger partial charge in [0.25, 0.3) is 0 Å². The Bertz CT molecular complexity index is 61.8. The minimum atomic E-state index is -0.787. The molecular weight excluding hydrogens is 76.9 g/mol. The van der Waals surface area contributed by atoms with Crippen LogP contribution in [0.15, 0.2) is 0 Å².